The van der Waals surface area contributed by atoms with Gasteiger partial charge in [-0.25, -0.2) is 19.6 Å². The first-order valence-electron chi connectivity index (χ1n) is 20.1. The van der Waals surface area contributed by atoms with E-state index in [1.54, 1.807) is 47.6 Å². The summed E-state index contributed by atoms with van der Waals surface area (Å²) in [4.78, 5) is 72.0. The van der Waals surface area contributed by atoms with Crippen molar-refractivity contribution in [2.24, 2.45) is 5.92 Å². The normalized spacial score (nSPS) is 18.5. The second-order valence-electron chi connectivity index (χ2n) is 15.6. The number of fused-ring (bicyclic) bond motifs is 2. The molecule has 16 heteroatoms. The van der Waals surface area contributed by atoms with Gasteiger partial charge >= 0.3 is 12.2 Å². The van der Waals surface area contributed by atoms with Gasteiger partial charge in [0.05, 0.1) is 66.9 Å². The fraction of sp³-hybridized carbons (Fsp3) is 0.364. The molecule has 312 valence electrons. The first-order valence-corrected chi connectivity index (χ1v) is 20.1. The summed E-state index contributed by atoms with van der Waals surface area (Å²) in [5.41, 5.74) is 4.22. The van der Waals surface area contributed by atoms with Crippen LogP contribution in [0.2, 0.25) is 0 Å². The quantitative estimate of drug-likeness (QED) is 0.0914. The Hall–Kier alpha value is -6.52. The van der Waals surface area contributed by atoms with Gasteiger partial charge in [0.25, 0.3) is 5.91 Å². The van der Waals surface area contributed by atoms with Crippen molar-refractivity contribution in [3.05, 3.63) is 107 Å². The van der Waals surface area contributed by atoms with Gasteiger partial charge in [0.15, 0.2) is 0 Å². The summed E-state index contributed by atoms with van der Waals surface area (Å²) in [7, 11) is 2.56. The van der Waals surface area contributed by atoms with Crippen LogP contribution in [0, 0.1) is 5.92 Å². The van der Waals surface area contributed by atoms with Crippen LogP contribution >= 0.6 is 0 Å². The molecule has 2 saturated heterocycles. The van der Waals surface area contributed by atoms with Gasteiger partial charge in [-0.05, 0) is 67.5 Å². The van der Waals surface area contributed by atoms with Gasteiger partial charge in [0.2, 0.25) is 5.43 Å². The minimum atomic E-state index is -0.950. The monoisotopic (exact) mass is 816 g/mol. The number of nitrogens with one attached hydrogen (secondary N) is 4. The summed E-state index contributed by atoms with van der Waals surface area (Å²) in [5, 5.41) is 17.7. The molecule has 3 amide bonds. The topological polar surface area (TPSA) is 208 Å². The van der Waals surface area contributed by atoms with Crippen LogP contribution < -0.4 is 16.1 Å². The first-order chi connectivity index (χ1) is 29.0. The van der Waals surface area contributed by atoms with Gasteiger partial charge in [0.1, 0.15) is 35.1 Å². The van der Waals surface area contributed by atoms with Crippen LogP contribution in [0.25, 0.3) is 44.5 Å². The second kappa shape index (κ2) is 17.0. The highest BCUT2D eigenvalue weighted by Crippen LogP contribution is 2.36. The molecule has 0 saturated carbocycles. The third-order valence-electron chi connectivity index (χ3n) is 11.6. The number of hydrogen-bond acceptors (Lipinski definition) is 11. The Kier molecular flexibility index (Phi) is 11.4. The fourth-order valence-corrected chi connectivity index (χ4v) is 8.47. The Morgan fingerprint density at radius 2 is 1.43 bits per heavy atom. The average Bonchev–Trinajstić information content (AvgIpc) is 4.11. The summed E-state index contributed by atoms with van der Waals surface area (Å²) in [6.07, 6.45) is 4.26. The average molecular weight is 817 g/mol. The number of rotatable bonds is 11. The highest BCUT2D eigenvalue weighted by molar-refractivity contribution is 5.93. The molecule has 3 aromatic heterocycles. The Bertz CT molecular complexity index is 2590. The highest BCUT2D eigenvalue weighted by atomic mass is 16.5. The van der Waals surface area contributed by atoms with Crippen LogP contribution in [-0.4, -0.2) is 92.5 Å². The second-order valence-corrected chi connectivity index (χ2v) is 15.6. The molecular weight excluding hydrogens is 769 g/mol. The number of H-pyrrole nitrogens is 2. The van der Waals surface area contributed by atoms with E-state index in [2.05, 4.69) is 30.6 Å². The molecule has 0 aliphatic carbocycles. The van der Waals surface area contributed by atoms with E-state index < -0.39 is 30.5 Å². The van der Waals surface area contributed by atoms with Crippen molar-refractivity contribution in [2.45, 2.75) is 69.9 Å². The number of aromatic amines is 2. The number of alkyl carbamates (subject to hydrolysis) is 2. The Morgan fingerprint density at radius 1 is 0.800 bits per heavy atom. The van der Waals surface area contributed by atoms with Crippen molar-refractivity contribution < 1.29 is 33.4 Å². The predicted molar refractivity (Wildman–Crippen MR) is 222 cm³/mol. The maximum Gasteiger partial charge on any atom is 0.407 e. The van der Waals surface area contributed by atoms with Crippen molar-refractivity contribution in [1.82, 2.24) is 40.4 Å². The number of nitrogens with zero attached hydrogens (tertiary/aromatic N) is 4. The molecule has 0 spiro atoms. The molecule has 16 nitrogen and oxygen atoms in total. The van der Waals surface area contributed by atoms with Crippen LogP contribution in [0.1, 0.15) is 74.9 Å². The molecule has 5 N–H and O–H groups in total. The number of imidazole rings is 2. The summed E-state index contributed by atoms with van der Waals surface area (Å²) in [6, 6.07) is 17.9. The van der Waals surface area contributed by atoms with Crippen molar-refractivity contribution in [2.75, 3.05) is 27.3 Å². The lowest BCUT2D eigenvalue weighted by Crippen LogP contribution is -2.54. The number of methoxy groups -OCH3 is 2. The molecule has 5 heterocycles. The molecule has 60 heavy (non-hydrogen) atoms. The Morgan fingerprint density at radius 3 is 2.13 bits per heavy atom. The van der Waals surface area contributed by atoms with E-state index in [9.17, 15) is 24.3 Å². The zero-order valence-corrected chi connectivity index (χ0v) is 33.8. The summed E-state index contributed by atoms with van der Waals surface area (Å²) in [5.74, 6) is 0.982. The van der Waals surface area contributed by atoms with Crippen molar-refractivity contribution in [3.63, 3.8) is 0 Å². The van der Waals surface area contributed by atoms with E-state index in [1.807, 2.05) is 55.1 Å². The number of amides is 3. The zero-order chi connectivity index (χ0) is 42.1. The number of hydrogen-bond donors (Lipinski definition) is 5. The minimum Gasteiger partial charge on any atom is -0.456 e. The van der Waals surface area contributed by atoms with Crippen molar-refractivity contribution in [3.8, 4) is 22.5 Å². The first kappa shape index (κ1) is 40.3. The number of carbonyl (C=O) groups is 3. The van der Waals surface area contributed by atoms with Crippen LogP contribution in [0.15, 0.2) is 88.3 Å². The standard InChI is InChI=1S/C44H48N8O8/c1-24(2)36(49-43(56)58-3)41(54)51-18-8-12-32(51)39-46-23-31(48-39)27-14-16-28-35(21-27)60-34-17-15-26(20-29(34)38(28)53)30-22-45-40(47-30)33-13-9-19-52(33)42(55)37(50-44(57)59-4)25-10-6-5-7-11-25/h5-7,10-11,14-17,20-24,32-33,36-37,41,54H,8-9,12-13,18-19H2,1-4H3,(H,45,47)(H,46,48)(H,49,56)(H,50,57)/t32-,33-,36-,37+,41?/m0/s1. The van der Waals surface area contributed by atoms with E-state index in [1.165, 1.54) is 14.2 Å². The van der Waals surface area contributed by atoms with Crippen LogP contribution in [0.3, 0.4) is 0 Å². The van der Waals surface area contributed by atoms with E-state index in [0.717, 1.165) is 36.1 Å². The van der Waals surface area contributed by atoms with E-state index in [0.29, 0.717) is 64.4 Å². The lowest BCUT2D eigenvalue weighted by molar-refractivity contribution is -0.134. The molecule has 2 fully saturated rings. The maximum absolute atomic E-state index is 14.0. The zero-order valence-electron chi connectivity index (χ0n) is 33.8. The number of ether oxygens (including phenoxy) is 2. The van der Waals surface area contributed by atoms with Crippen LogP contribution in [-0.2, 0) is 14.3 Å². The van der Waals surface area contributed by atoms with Gasteiger partial charge in [-0.15, -0.1) is 0 Å². The largest absolute Gasteiger partial charge is 0.456 e. The molecule has 5 atom stereocenters. The smallest absolute Gasteiger partial charge is 0.407 e. The Balaban J connectivity index is 1.01. The van der Waals surface area contributed by atoms with Crippen LogP contribution in [0.4, 0.5) is 9.59 Å². The molecular formula is C44H48N8O8. The number of likely N-dealkylation sites (tertiary alicyclic amines) is 2. The van der Waals surface area contributed by atoms with Gasteiger partial charge < -0.3 is 44.5 Å². The summed E-state index contributed by atoms with van der Waals surface area (Å²) < 4.78 is 15.9. The van der Waals surface area contributed by atoms with Gasteiger partial charge in [0, 0.05) is 24.2 Å². The van der Waals surface area contributed by atoms with E-state index >= 15 is 0 Å². The van der Waals surface area contributed by atoms with Gasteiger partial charge in [-0.2, -0.15) is 0 Å². The molecule has 2 aliphatic heterocycles. The molecule has 0 bridgehead atoms. The molecule has 0 radical (unpaired) electrons. The number of benzene rings is 3. The molecule has 3 aromatic carbocycles. The third kappa shape index (κ3) is 7.82. The fourth-order valence-electron chi connectivity index (χ4n) is 8.47. The SMILES string of the molecule is COC(=O)N[C@@H](C(C)C)C(O)N1CCC[C@H]1c1ncc(-c2ccc3c(=O)c4cc(-c5cnc([C@@H]6CCCN6C(=O)[C@H](NC(=O)OC)c6ccccc6)[nH]5)ccc4oc3c2)[nH]1. The van der Waals surface area contributed by atoms with Crippen molar-refractivity contribution in [1.29, 1.82) is 0 Å². The number of aromatic nitrogens is 4. The van der Waals surface area contributed by atoms with Gasteiger partial charge in [-0.1, -0.05) is 50.2 Å². The number of carbonyl (C=O) groups excluding carboxylic acids is 3. The van der Waals surface area contributed by atoms with E-state index in [-0.39, 0.29) is 29.3 Å². The van der Waals surface area contributed by atoms with Crippen LogP contribution in [0.5, 0.6) is 0 Å². The Labute approximate surface area is 345 Å². The van der Waals surface area contributed by atoms with E-state index in [4.69, 9.17) is 13.9 Å². The van der Waals surface area contributed by atoms with Gasteiger partial charge in [-0.3, -0.25) is 14.5 Å². The predicted octanol–water partition coefficient (Wildman–Crippen LogP) is 6.32. The lowest BCUT2D eigenvalue weighted by Gasteiger charge is -2.35. The molecule has 6 aromatic rings. The van der Waals surface area contributed by atoms with Crippen molar-refractivity contribution >= 4 is 40.0 Å². The summed E-state index contributed by atoms with van der Waals surface area (Å²) >= 11 is 0. The maximum atomic E-state index is 14.0. The molecule has 1 unspecified atom stereocenters. The minimum absolute atomic E-state index is 0.0495. The molecule has 2 aliphatic rings. The molecule has 8 rings (SSSR count). The highest BCUT2D eigenvalue weighted by Gasteiger charge is 2.39. The third-order valence-corrected chi connectivity index (χ3v) is 11.6. The summed E-state index contributed by atoms with van der Waals surface area (Å²) in [6.45, 7) is 5.00. The number of aliphatic hydroxyl groups is 1. The number of aliphatic hydroxyl groups excluding tert-OH is 1. The lowest BCUT2D eigenvalue weighted by atomic mass is 10.0.